The summed E-state index contributed by atoms with van der Waals surface area (Å²) >= 11 is 0. The van der Waals surface area contributed by atoms with Crippen molar-refractivity contribution in [3.05, 3.63) is 12.2 Å². The van der Waals surface area contributed by atoms with Crippen molar-refractivity contribution in [1.29, 1.82) is 0 Å². The third kappa shape index (κ3) is 5.08. The van der Waals surface area contributed by atoms with Crippen molar-refractivity contribution < 1.29 is 0 Å². The Bertz CT molecular complexity index is 460. The zero-order chi connectivity index (χ0) is 15.1. The summed E-state index contributed by atoms with van der Waals surface area (Å²) in [5, 5.41) is 14.8. The van der Waals surface area contributed by atoms with Crippen molar-refractivity contribution >= 4 is 29.9 Å². The number of hydrogen-bond donors (Lipinski definition) is 2. The van der Waals surface area contributed by atoms with Crippen LogP contribution in [0, 0.1) is 0 Å². The van der Waals surface area contributed by atoms with Gasteiger partial charge in [-0.1, -0.05) is 6.92 Å². The van der Waals surface area contributed by atoms with Gasteiger partial charge in [0.05, 0.1) is 6.54 Å². The highest BCUT2D eigenvalue weighted by atomic mass is 127. The minimum absolute atomic E-state index is 0. The summed E-state index contributed by atoms with van der Waals surface area (Å²) < 4.78 is 2.02. The predicted molar refractivity (Wildman–Crippen MR) is 99.6 cm³/mol. The van der Waals surface area contributed by atoms with E-state index in [9.17, 15) is 0 Å². The van der Waals surface area contributed by atoms with E-state index in [1.165, 1.54) is 19.4 Å². The normalized spacial score (nSPS) is 19.0. The lowest BCUT2D eigenvalue weighted by molar-refractivity contribution is 0.267. The summed E-state index contributed by atoms with van der Waals surface area (Å²) in [6.07, 6.45) is 4.32. The van der Waals surface area contributed by atoms with Gasteiger partial charge in [-0.25, -0.2) is 0 Å². The van der Waals surface area contributed by atoms with Gasteiger partial charge in [0, 0.05) is 26.2 Å². The molecule has 1 aromatic rings. The molecule has 2 rings (SSSR count). The molecule has 0 spiro atoms. The van der Waals surface area contributed by atoms with Crippen LogP contribution in [0.5, 0.6) is 0 Å². The molecule has 1 fully saturated rings. The molecule has 1 unspecified atom stereocenters. The van der Waals surface area contributed by atoms with E-state index >= 15 is 0 Å². The third-order valence-corrected chi connectivity index (χ3v) is 4.08. The van der Waals surface area contributed by atoms with Crippen molar-refractivity contribution in [2.24, 2.45) is 4.99 Å². The van der Waals surface area contributed by atoms with E-state index in [0.29, 0.717) is 12.6 Å². The number of guanidine groups is 1. The quantitative estimate of drug-likeness (QED) is 0.409. The molecule has 8 heteroatoms. The Hall–Kier alpha value is -0.900. The van der Waals surface area contributed by atoms with Gasteiger partial charge in [0.2, 0.25) is 0 Å². The molecule has 0 saturated carbocycles. The van der Waals surface area contributed by atoms with E-state index < -0.39 is 0 Å². The van der Waals surface area contributed by atoms with Crippen LogP contribution in [-0.2, 0) is 13.1 Å². The highest BCUT2D eigenvalue weighted by Crippen LogP contribution is 2.15. The summed E-state index contributed by atoms with van der Waals surface area (Å²) in [6.45, 7) is 9.10. The van der Waals surface area contributed by atoms with Crippen LogP contribution in [0.2, 0.25) is 0 Å². The Morgan fingerprint density at radius 1 is 1.36 bits per heavy atom. The van der Waals surface area contributed by atoms with Gasteiger partial charge in [0.1, 0.15) is 6.33 Å². The van der Waals surface area contributed by atoms with Gasteiger partial charge < -0.3 is 15.2 Å². The van der Waals surface area contributed by atoms with E-state index in [1.807, 2.05) is 4.57 Å². The fourth-order valence-electron chi connectivity index (χ4n) is 2.82. The first-order chi connectivity index (χ1) is 10.3. The van der Waals surface area contributed by atoms with Crippen LogP contribution < -0.4 is 10.6 Å². The van der Waals surface area contributed by atoms with Crippen molar-refractivity contribution in [2.45, 2.75) is 45.8 Å². The largest absolute Gasteiger partial charge is 0.355 e. The molecule has 2 N–H and O–H groups in total. The second-order valence-electron chi connectivity index (χ2n) is 5.26. The number of nitrogens with one attached hydrogen (secondary N) is 2. The number of aliphatic imine (C=N–C) groups is 1. The van der Waals surface area contributed by atoms with Gasteiger partial charge in [-0.2, -0.15) is 0 Å². The van der Waals surface area contributed by atoms with E-state index in [1.54, 1.807) is 13.4 Å². The average Bonchev–Trinajstić information content (AvgIpc) is 3.15. The summed E-state index contributed by atoms with van der Waals surface area (Å²) in [5.74, 6) is 1.75. The molecule has 1 aromatic heterocycles. The number of nitrogens with zero attached hydrogens (tertiary/aromatic N) is 5. The molecule has 126 valence electrons. The smallest absolute Gasteiger partial charge is 0.191 e. The maximum absolute atomic E-state index is 4.27. The molecule has 7 nitrogen and oxygen atoms in total. The van der Waals surface area contributed by atoms with Crippen molar-refractivity contribution in [1.82, 2.24) is 30.3 Å². The zero-order valence-electron chi connectivity index (χ0n) is 13.7. The summed E-state index contributed by atoms with van der Waals surface area (Å²) in [4.78, 5) is 6.80. The number of likely N-dealkylation sites (N-methyl/N-ethyl adjacent to an activating group) is 1. The first-order valence-electron chi connectivity index (χ1n) is 7.83. The minimum atomic E-state index is 0. The molecule has 1 atom stereocenters. The van der Waals surface area contributed by atoms with Gasteiger partial charge in [-0.05, 0) is 32.9 Å². The maximum atomic E-state index is 4.27. The minimum Gasteiger partial charge on any atom is -0.355 e. The Morgan fingerprint density at radius 2 is 2.18 bits per heavy atom. The van der Waals surface area contributed by atoms with Crippen LogP contribution in [-0.4, -0.2) is 58.3 Å². The van der Waals surface area contributed by atoms with Crippen LogP contribution in [0.25, 0.3) is 0 Å². The molecule has 22 heavy (non-hydrogen) atoms. The highest BCUT2D eigenvalue weighted by Gasteiger charge is 2.22. The molecule has 1 aliphatic rings. The molecule has 0 aromatic carbocycles. The monoisotopic (exact) mass is 421 g/mol. The molecular weight excluding hydrogens is 393 g/mol. The Labute approximate surface area is 150 Å². The second-order valence-corrected chi connectivity index (χ2v) is 5.26. The van der Waals surface area contributed by atoms with E-state index in [4.69, 9.17) is 0 Å². The third-order valence-electron chi connectivity index (χ3n) is 4.08. The van der Waals surface area contributed by atoms with Crippen molar-refractivity contribution in [3.8, 4) is 0 Å². The lowest BCUT2D eigenvalue weighted by Crippen LogP contribution is -2.44. The molecule has 0 aliphatic carbocycles. The Balaban J connectivity index is 0.00000242. The van der Waals surface area contributed by atoms with Crippen LogP contribution in [0.15, 0.2) is 11.3 Å². The van der Waals surface area contributed by atoms with Crippen LogP contribution in [0.3, 0.4) is 0 Å². The predicted octanol–water partition coefficient (Wildman–Crippen LogP) is 1.07. The van der Waals surface area contributed by atoms with E-state index in [0.717, 1.165) is 31.4 Å². The van der Waals surface area contributed by atoms with Gasteiger partial charge >= 0.3 is 0 Å². The van der Waals surface area contributed by atoms with E-state index in [2.05, 4.69) is 44.6 Å². The Kier molecular flexibility index (Phi) is 8.69. The molecule has 1 saturated heterocycles. The summed E-state index contributed by atoms with van der Waals surface area (Å²) in [7, 11) is 1.80. The fourth-order valence-corrected chi connectivity index (χ4v) is 2.82. The number of halogens is 1. The highest BCUT2D eigenvalue weighted by molar-refractivity contribution is 14.0. The lowest BCUT2D eigenvalue weighted by Gasteiger charge is -2.23. The molecule has 1 aliphatic heterocycles. The van der Waals surface area contributed by atoms with E-state index in [-0.39, 0.29) is 24.0 Å². The topological polar surface area (TPSA) is 70.4 Å². The average molecular weight is 421 g/mol. The molecule has 0 bridgehead atoms. The molecular formula is C14H28IN7. The number of aromatic nitrogens is 3. The van der Waals surface area contributed by atoms with Crippen molar-refractivity contribution in [3.63, 3.8) is 0 Å². The van der Waals surface area contributed by atoms with Crippen LogP contribution in [0.1, 0.15) is 32.5 Å². The molecule has 0 radical (unpaired) electrons. The first-order valence-corrected chi connectivity index (χ1v) is 7.83. The SMILES string of the molecule is CCN1CCCC1CNC(=NC)NCc1nncn1CC.I. The standard InChI is InChI=1S/C14H27N7.HI/c1-4-20-8-6-7-12(20)9-16-14(15-3)17-10-13-19-18-11-21(13)5-2;/h11-12H,4-10H2,1-3H3,(H2,15,16,17);1H. The number of rotatable bonds is 6. The van der Waals surface area contributed by atoms with Gasteiger partial charge in [0.25, 0.3) is 0 Å². The fraction of sp³-hybridized carbons (Fsp3) is 0.786. The van der Waals surface area contributed by atoms with Gasteiger partial charge in [0.15, 0.2) is 11.8 Å². The number of aryl methyl sites for hydroxylation is 1. The summed E-state index contributed by atoms with van der Waals surface area (Å²) in [6, 6.07) is 0.618. The summed E-state index contributed by atoms with van der Waals surface area (Å²) in [5.41, 5.74) is 0. The van der Waals surface area contributed by atoms with Crippen LogP contribution in [0.4, 0.5) is 0 Å². The Morgan fingerprint density at radius 3 is 2.86 bits per heavy atom. The second kappa shape index (κ2) is 9.98. The number of hydrogen-bond acceptors (Lipinski definition) is 4. The lowest BCUT2D eigenvalue weighted by atomic mass is 10.2. The molecule has 0 amide bonds. The zero-order valence-corrected chi connectivity index (χ0v) is 16.1. The number of likely N-dealkylation sites (tertiary alicyclic amines) is 1. The maximum Gasteiger partial charge on any atom is 0.191 e. The first kappa shape index (κ1) is 19.1. The van der Waals surface area contributed by atoms with Gasteiger partial charge in [-0.3, -0.25) is 9.89 Å². The van der Waals surface area contributed by atoms with Crippen LogP contribution >= 0.6 is 24.0 Å². The van der Waals surface area contributed by atoms with Gasteiger partial charge in [-0.15, -0.1) is 34.2 Å². The van der Waals surface area contributed by atoms with Crippen molar-refractivity contribution in [2.75, 3.05) is 26.7 Å². The molecule has 2 heterocycles.